The Balaban J connectivity index is 2.34. The molecule has 7 nitrogen and oxygen atoms in total. The predicted molar refractivity (Wildman–Crippen MR) is 143 cm³/mol. The number of ether oxygens (including phenoxy) is 1. The minimum absolute atomic E-state index is 0.125. The molecule has 2 atom stereocenters. The maximum absolute atomic E-state index is 13.7. The molecule has 0 spiro atoms. The number of likely N-dealkylation sites (N-methyl/N-ethyl adjacent to an activating group) is 1. The second kappa shape index (κ2) is 13.2. The second-order valence-electron chi connectivity index (χ2n) is 10.5. The summed E-state index contributed by atoms with van der Waals surface area (Å²) in [5, 5.41) is 5.95. The second-order valence-corrected chi connectivity index (χ2v) is 11.5. The van der Waals surface area contributed by atoms with Crippen LogP contribution in [0.1, 0.15) is 82.0 Å². The van der Waals surface area contributed by atoms with E-state index < -0.39 is 23.8 Å². The molecule has 2 rings (SSSR count). The van der Waals surface area contributed by atoms with Crippen LogP contribution in [0.2, 0.25) is 0 Å². The molecular formula is C27H43N3O4S. The van der Waals surface area contributed by atoms with E-state index in [9.17, 15) is 14.4 Å². The molecule has 0 saturated heterocycles. The Hall–Kier alpha value is -2.22. The fourth-order valence-electron chi connectivity index (χ4n) is 4.44. The summed E-state index contributed by atoms with van der Waals surface area (Å²) >= 11 is 1.60. The number of benzene rings is 1. The van der Waals surface area contributed by atoms with Crippen molar-refractivity contribution in [1.82, 2.24) is 15.5 Å². The largest absolute Gasteiger partial charge is 0.444 e. The number of rotatable bonds is 9. The van der Waals surface area contributed by atoms with Crippen LogP contribution in [0.5, 0.6) is 0 Å². The molecule has 1 aromatic carbocycles. The van der Waals surface area contributed by atoms with E-state index in [2.05, 4.69) is 10.6 Å². The zero-order valence-electron chi connectivity index (χ0n) is 22.4. The van der Waals surface area contributed by atoms with Gasteiger partial charge in [0.25, 0.3) is 0 Å². The molecule has 1 saturated carbocycles. The summed E-state index contributed by atoms with van der Waals surface area (Å²) in [6, 6.07) is 4.37. The Bertz CT molecular complexity index is 878. The third-order valence-electron chi connectivity index (χ3n) is 6.48. The van der Waals surface area contributed by atoms with Gasteiger partial charge in [0, 0.05) is 13.1 Å². The first kappa shape index (κ1) is 29.0. The first-order valence-electron chi connectivity index (χ1n) is 12.6. The first-order chi connectivity index (χ1) is 16.4. The Morgan fingerprint density at radius 3 is 2.40 bits per heavy atom. The lowest BCUT2D eigenvalue weighted by molar-refractivity contribution is -0.141. The number of nitrogens with zero attached hydrogens (tertiary/aromatic N) is 1. The van der Waals surface area contributed by atoms with Crippen LogP contribution in [0.15, 0.2) is 18.2 Å². The van der Waals surface area contributed by atoms with Gasteiger partial charge in [0.15, 0.2) is 0 Å². The molecule has 1 fully saturated rings. The predicted octanol–water partition coefficient (Wildman–Crippen LogP) is 4.90. The fraction of sp³-hybridized carbons (Fsp3) is 0.667. The van der Waals surface area contributed by atoms with Crippen LogP contribution in [0.3, 0.4) is 0 Å². The van der Waals surface area contributed by atoms with E-state index in [-0.39, 0.29) is 17.9 Å². The maximum Gasteiger partial charge on any atom is 0.408 e. The van der Waals surface area contributed by atoms with E-state index in [0.29, 0.717) is 12.2 Å². The van der Waals surface area contributed by atoms with E-state index in [1.54, 1.807) is 39.6 Å². The lowest BCUT2D eigenvalue weighted by atomic mass is 9.93. The van der Waals surface area contributed by atoms with E-state index in [1.165, 1.54) is 11.3 Å². The number of hydrogen-bond donors (Lipinski definition) is 2. The highest BCUT2D eigenvalue weighted by Crippen LogP contribution is 2.28. The summed E-state index contributed by atoms with van der Waals surface area (Å²) in [4.78, 5) is 41.4. The average molecular weight is 506 g/mol. The molecule has 8 heteroatoms. The molecule has 1 aromatic rings. The molecule has 0 heterocycles. The van der Waals surface area contributed by atoms with Crippen molar-refractivity contribution < 1.29 is 19.1 Å². The first-order valence-corrected chi connectivity index (χ1v) is 14.0. The smallest absolute Gasteiger partial charge is 0.408 e. The summed E-state index contributed by atoms with van der Waals surface area (Å²) in [6.45, 7) is 9.33. The molecule has 2 unspecified atom stereocenters. The minimum Gasteiger partial charge on any atom is -0.444 e. The van der Waals surface area contributed by atoms with E-state index >= 15 is 0 Å². The number of carbonyl (C=O) groups is 3. The number of amides is 3. The summed E-state index contributed by atoms with van der Waals surface area (Å²) in [7, 11) is 1.65. The van der Waals surface area contributed by atoms with E-state index in [4.69, 9.17) is 4.74 Å². The van der Waals surface area contributed by atoms with Gasteiger partial charge < -0.3 is 20.3 Å². The number of carbonyl (C=O) groups excluding carboxylic acids is 3. The van der Waals surface area contributed by atoms with Gasteiger partial charge in [-0.25, -0.2) is 4.79 Å². The van der Waals surface area contributed by atoms with Crippen molar-refractivity contribution in [3.63, 3.8) is 0 Å². The highest BCUT2D eigenvalue weighted by Gasteiger charge is 2.35. The number of nitrogens with one attached hydrogen (secondary N) is 2. The fourth-order valence-corrected chi connectivity index (χ4v) is 4.91. The summed E-state index contributed by atoms with van der Waals surface area (Å²) < 4.78 is 5.40. The molecule has 1 aliphatic rings. The van der Waals surface area contributed by atoms with Gasteiger partial charge in [-0.05, 0) is 82.6 Å². The molecule has 196 valence electrons. The molecule has 2 N–H and O–H groups in total. The van der Waals surface area contributed by atoms with Crippen LogP contribution in [-0.2, 0) is 14.3 Å². The van der Waals surface area contributed by atoms with Crippen molar-refractivity contribution in [3.05, 3.63) is 34.9 Å². The zero-order chi connectivity index (χ0) is 26.2. The minimum atomic E-state index is -0.794. The van der Waals surface area contributed by atoms with Gasteiger partial charge in [-0.2, -0.15) is 11.8 Å². The Morgan fingerprint density at radius 1 is 1.14 bits per heavy atom. The third-order valence-corrected chi connectivity index (χ3v) is 7.12. The number of aryl methyl sites for hydroxylation is 1. The average Bonchev–Trinajstić information content (AvgIpc) is 2.78. The summed E-state index contributed by atoms with van der Waals surface area (Å²) in [5.41, 5.74) is 2.17. The van der Waals surface area contributed by atoms with Gasteiger partial charge in [0.1, 0.15) is 17.7 Å². The topological polar surface area (TPSA) is 87.7 Å². The zero-order valence-corrected chi connectivity index (χ0v) is 23.2. The lowest BCUT2D eigenvalue weighted by Crippen LogP contribution is -2.52. The third kappa shape index (κ3) is 8.74. The van der Waals surface area contributed by atoms with Gasteiger partial charge in [0.05, 0.1) is 0 Å². The van der Waals surface area contributed by atoms with Gasteiger partial charge in [0.2, 0.25) is 11.8 Å². The Kier molecular flexibility index (Phi) is 10.9. The molecule has 0 aromatic heterocycles. The van der Waals surface area contributed by atoms with Gasteiger partial charge in [-0.1, -0.05) is 37.5 Å². The van der Waals surface area contributed by atoms with Crippen LogP contribution in [0.25, 0.3) is 0 Å². The summed E-state index contributed by atoms with van der Waals surface area (Å²) in [6.07, 6.45) is 7.06. The van der Waals surface area contributed by atoms with E-state index in [1.807, 2.05) is 38.3 Å². The highest BCUT2D eigenvalue weighted by atomic mass is 32.2. The number of hydrogen-bond acceptors (Lipinski definition) is 5. The molecule has 0 radical (unpaired) electrons. The monoisotopic (exact) mass is 505 g/mol. The van der Waals surface area contributed by atoms with Crippen LogP contribution in [0.4, 0.5) is 4.79 Å². The molecular weight excluding hydrogens is 462 g/mol. The van der Waals surface area contributed by atoms with Crippen LogP contribution >= 0.6 is 11.8 Å². The van der Waals surface area contributed by atoms with Crippen molar-refractivity contribution in [2.24, 2.45) is 0 Å². The van der Waals surface area contributed by atoms with Crippen molar-refractivity contribution in [1.29, 1.82) is 0 Å². The molecule has 3 amide bonds. The van der Waals surface area contributed by atoms with Crippen molar-refractivity contribution in [2.45, 2.75) is 96.9 Å². The van der Waals surface area contributed by atoms with Crippen molar-refractivity contribution in [2.75, 3.05) is 19.1 Å². The van der Waals surface area contributed by atoms with Crippen LogP contribution < -0.4 is 10.6 Å². The molecule has 0 aliphatic heterocycles. The van der Waals surface area contributed by atoms with Crippen molar-refractivity contribution >= 4 is 29.7 Å². The number of alkyl carbamates (subject to hydrolysis) is 1. The Morgan fingerprint density at radius 2 is 1.80 bits per heavy atom. The molecule has 35 heavy (non-hydrogen) atoms. The maximum atomic E-state index is 13.7. The van der Waals surface area contributed by atoms with E-state index in [0.717, 1.165) is 42.4 Å². The quantitative estimate of drug-likeness (QED) is 0.499. The van der Waals surface area contributed by atoms with Gasteiger partial charge in [-0.3, -0.25) is 9.59 Å². The van der Waals surface area contributed by atoms with Crippen LogP contribution in [0, 0.1) is 13.8 Å². The SMILES string of the molecule is CSCCC(NC(=O)OC(C)(C)C)C(=O)N(C)C(C(=O)NC1CCCCC1)c1cccc(C)c1C. The molecule has 1 aliphatic carbocycles. The highest BCUT2D eigenvalue weighted by molar-refractivity contribution is 7.98. The normalized spacial score (nSPS) is 16.2. The standard InChI is InChI=1S/C27H43N3O4S/c1-18-12-11-15-21(19(18)2)23(24(31)28-20-13-9-8-10-14-20)30(6)25(32)22(16-17-35-7)29-26(33)34-27(3,4)5/h11-12,15,20,22-23H,8-10,13-14,16-17H2,1-7H3,(H,28,31)(H,29,33). The Labute approximate surface area is 215 Å². The van der Waals surface area contributed by atoms with Crippen LogP contribution in [-0.4, -0.2) is 59.5 Å². The number of thioether (sulfide) groups is 1. The lowest BCUT2D eigenvalue weighted by Gasteiger charge is -2.34. The molecule has 0 bridgehead atoms. The van der Waals surface area contributed by atoms with Crippen molar-refractivity contribution in [3.8, 4) is 0 Å². The van der Waals surface area contributed by atoms with Gasteiger partial charge >= 0.3 is 6.09 Å². The summed E-state index contributed by atoms with van der Waals surface area (Å²) in [5.74, 6) is 0.194. The van der Waals surface area contributed by atoms with Gasteiger partial charge in [-0.15, -0.1) is 0 Å².